The largest absolute Gasteiger partial charge is 0.478 e. The molecule has 2 amide bonds. The number of carbonyl (C=O) groups excluding carboxylic acids is 2. The van der Waals surface area contributed by atoms with Crippen molar-refractivity contribution in [3.05, 3.63) is 17.1 Å². The number of oxime groups is 1. The highest BCUT2D eigenvalue weighted by Gasteiger charge is 2.54. The van der Waals surface area contributed by atoms with Gasteiger partial charge in [0, 0.05) is 23.2 Å². The Morgan fingerprint density at radius 2 is 2.09 bits per heavy atom. The molecular formula is C16H17ClN6O7S2. The lowest BCUT2D eigenvalue weighted by Crippen LogP contribution is -2.71. The third-order valence-electron chi connectivity index (χ3n) is 4.45. The van der Waals surface area contributed by atoms with Gasteiger partial charge in [-0.15, -0.1) is 23.4 Å². The van der Waals surface area contributed by atoms with Crippen molar-refractivity contribution >= 4 is 69.5 Å². The van der Waals surface area contributed by atoms with Gasteiger partial charge in [-0.1, -0.05) is 5.16 Å². The molecule has 0 aliphatic carbocycles. The van der Waals surface area contributed by atoms with Gasteiger partial charge in [-0.3, -0.25) is 14.5 Å². The SMILES string of the molecule is CC(C)(ON=C(C(=O)N[C@@H]1C(=O)N2C(C(=O)O)=C(CCl)CS[C@@H]12)c1nsc(N)n1)C(=O)O. The van der Waals surface area contributed by atoms with Crippen LogP contribution in [0.2, 0.25) is 0 Å². The van der Waals surface area contributed by atoms with Crippen molar-refractivity contribution in [1.82, 2.24) is 19.6 Å². The molecule has 16 heteroatoms. The van der Waals surface area contributed by atoms with Gasteiger partial charge in [0.25, 0.3) is 11.8 Å². The molecule has 3 rings (SSSR count). The minimum absolute atomic E-state index is 0.0246. The summed E-state index contributed by atoms with van der Waals surface area (Å²) in [5.41, 5.74) is 3.49. The van der Waals surface area contributed by atoms with E-state index >= 15 is 0 Å². The minimum atomic E-state index is -1.77. The molecule has 1 aromatic rings. The van der Waals surface area contributed by atoms with E-state index in [0.717, 1.165) is 16.4 Å². The fourth-order valence-electron chi connectivity index (χ4n) is 2.71. The smallest absolute Gasteiger partial charge is 0.352 e. The van der Waals surface area contributed by atoms with Crippen LogP contribution in [0.25, 0.3) is 0 Å². The average molecular weight is 505 g/mol. The standard InChI is InChI=1S/C16H17ClN6O7S2/c1-16(2,14(28)29)30-21-6(9-20-15(18)32-22-9)10(24)19-7-11(25)23-8(13(26)27)5(3-17)4-31-12(7)23/h7,12H,3-4H2,1-2H3,(H,19,24)(H,26,27)(H,28,29)(H2,18,20,22)/t7-,12+/m1/s1. The van der Waals surface area contributed by atoms with Crippen LogP contribution in [0.5, 0.6) is 0 Å². The Morgan fingerprint density at radius 3 is 2.62 bits per heavy atom. The molecule has 172 valence electrons. The summed E-state index contributed by atoms with van der Waals surface area (Å²) in [4.78, 5) is 58.3. The molecule has 3 heterocycles. The monoisotopic (exact) mass is 504 g/mol. The molecule has 0 radical (unpaired) electrons. The molecule has 1 saturated heterocycles. The van der Waals surface area contributed by atoms with Gasteiger partial charge in [-0.05, 0) is 19.4 Å². The molecular weight excluding hydrogens is 488 g/mol. The zero-order chi connectivity index (χ0) is 23.8. The number of nitrogen functional groups attached to an aromatic ring is 1. The van der Waals surface area contributed by atoms with Gasteiger partial charge in [0.1, 0.15) is 17.1 Å². The quantitative estimate of drug-likeness (QED) is 0.156. The van der Waals surface area contributed by atoms with Crippen molar-refractivity contribution in [2.45, 2.75) is 30.9 Å². The molecule has 5 N–H and O–H groups in total. The Kier molecular flexibility index (Phi) is 6.61. The van der Waals surface area contributed by atoms with Crippen LogP contribution in [-0.4, -0.2) is 82.6 Å². The number of alkyl halides is 1. The first-order valence-electron chi connectivity index (χ1n) is 8.84. The number of carboxylic acids is 2. The number of nitrogens with zero attached hydrogens (tertiary/aromatic N) is 4. The predicted molar refractivity (Wildman–Crippen MR) is 114 cm³/mol. The van der Waals surface area contributed by atoms with Crippen molar-refractivity contribution in [2.75, 3.05) is 17.4 Å². The van der Waals surface area contributed by atoms with Crippen molar-refractivity contribution in [1.29, 1.82) is 0 Å². The van der Waals surface area contributed by atoms with Gasteiger partial charge in [0.05, 0.1) is 0 Å². The number of nitrogens with one attached hydrogen (secondary N) is 1. The van der Waals surface area contributed by atoms with Crippen LogP contribution in [0.1, 0.15) is 19.7 Å². The first kappa shape index (κ1) is 23.7. The number of hydrogen-bond acceptors (Lipinski definition) is 11. The number of amides is 2. The van der Waals surface area contributed by atoms with Crippen LogP contribution in [0, 0.1) is 0 Å². The van der Waals surface area contributed by atoms with Crippen LogP contribution < -0.4 is 11.1 Å². The number of rotatable bonds is 8. The predicted octanol–water partition coefficient (Wildman–Crippen LogP) is -0.318. The van der Waals surface area contributed by atoms with E-state index in [1.165, 1.54) is 25.6 Å². The second kappa shape index (κ2) is 8.91. The number of aliphatic carboxylic acids is 2. The van der Waals surface area contributed by atoms with Crippen molar-refractivity contribution in [2.24, 2.45) is 5.16 Å². The summed E-state index contributed by atoms with van der Waals surface area (Å²) in [5.74, 6) is -4.20. The lowest BCUT2D eigenvalue weighted by molar-refractivity contribution is -0.161. The molecule has 0 bridgehead atoms. The second-order valence-electron chi connectivity index (χ2n) is 7.05. The molecule has 2 aliphatic rings. The molecule has 32 heavy (non-hydrogen) atoms. The number of nitrogens with two attached hydrogens (primary N) is 1. The van der Waals surface area contributed by atoms with E-state index in [0.29, 0.717) is 5.57 Å². The van der Waals surface area contributed by atoms with Crippen LogP contribution in [0.15, 0.2) is 16.4 Å². The number of aromatic nitrogens is 2. The maximum Gasteiger partial charge on any atom is 0.352 e. The van der Waals surface area contributed by atoms with Crippen molar-refractivity contribution in [3.8, 4) is 0 Å². The summed E-state index contributed by atoms with van der Waals surface area (Å²) in [6.07, 6.45) is 0. The third-order valence-corrected chi connectivity index (χ3v) is 6.65. The average Bonchev–Trinajstić information content (AvgIpc) is 3.16. The van der Waals surface area contributed by atoms with Gasteiger partial charge < -0.3 is 26.1 Å². The van der Waals surface area contributed by atoms with Gasteiger partial charge >= 0.3 is 11.9 Å². The Bertz CT molecular complexity index is 1060. The molecule has 0 saturated carbocycles. The van der Waals surface area contributed by atoms with Gasteiger partial charge in [-0.2, -0.15) is 9.36 Å². The highest BCUT2D eigenvalue weighted by molar-refractivity contribution is 8.00. The zero-order valence-electron chi connectivity index (χ0n) is 16.6. The number of carbonyl (C=O) groups is 4. The van der Waals surface area contributed by atoms with E-state index in [-0.39, 0.29) is 28.3 Å². The van der Waals surface area contributed by atoms with E-state index in [1.807, 2.05) is 0 Å². The van der Waals surface area contributed by atoms with E-state index in [4.69, 9.17) is 22.2 Å². The number of anilines is 1. The fraction of sp³-hybridized carbons (Fsp3) is 0.438. The minimum Gasteiger partial charge on any atom is -0.478 e. The lowest BCUT2D eigenvalue weighted by Gasteiger charge is -2.49. The third kappa shape index (κ3) is 4.35. The van der Waals surface area contributed by atoms with Gasteiger partial charge in [-0.25, -0.2) is 9.59 Å². The summed E-state index contributed by atoms with van der Waals surface area (Å²) >= 11 is 7.81. The molecule has 0 spiro atoms. The summed E-state index contributed by atoms with van der Waals surface area (Å²) in [6, 6.07) is -1.06. The van der Waals surface area contributed by atoms with Gasteiger partial charge in [0.2, 0.25) is 17.1 Å². The molecule has 2 atom stereocenters. The Hall–Kier alpha value is -2.91. The molecule has 13 nitrogen and oxygen atoms in total. The molecule has 0 aromatic carbocycles. The fourth-order valence-corrected chi connectivity index (χ4v) is 4.82. The summed E-state index contributed by atoms with van der Waals surface area (Å²) < 4.78 is 3.88. The Balaban J connectivity index is 1.83. The number of halogens is 1. The first-order valence-corrected chi connectivity index (χ1v) is 11.2. The topological polar surface area (TPSA) is 197 Å². The molecule has 1 aromatic heterocycles. The van der Waals surface area contributed by atoms with E-state index in [1.54, 1.807) is 0 Å². The molecule has 1 fully saturated rings. The lowest BCUT2D eigenvalue weighted by atomic mass is 10.0. The second-order valence-corrected chi connectivity index (χ2v) is 9.21. The van der Waals surface area contributed by atoms with Crippen LogP contribution in [0.4, 0.5) is 5.13 Å². The van der Waals surface area contributed by atoms with Crippen LogP contribution >= 0.6 is 34.9 Å². The first-order chi connectivity index (χ1) is 15.0. The highest BCUT2D eigenvalue weighted by Crippen LogP contribution is 2.40. The Labute approximate surface area is 193 Å². The summed E-state index contributed by atoms with van der Waals surface area (Å²) in [5, 5.41) is 24.1. The normalized spacial score (nSPS) is 21.0. The van der Waals surface area contributed by atoms with Gasteiger partial charge in [0.15, 0.2) is 5.13 Å². The van der Waals surface area contributed by atoms with Crippen LogP contribution in [0.3, 0.4) is 0 Å². The van der Waals surface area contributed by atoms with Crippen molar-refractivity contribution < 1.29 is 34.2 Å². The molecule has 0 unspecified atom stereocenters. The summed E-state index contributed by atoms with van der Waals surface area (Å²) in [6.45, 7) is 2.44. The zero-order valence-corrected chi connectivity index (χ0v) is 19.0. The van der Waals surface area contributed by atoms with Crippen molar-refractivity contribution in [3.63, 3.8) is 0 Å². The number of fused-ring (bicyclic) bond motifs is 1. The number of β-lactam (4-membered cyclic amide) rings is 1. The number of thioether (sulfide) groups is 1. The van der Waals surface area contributed by atoms with Crippen LogP contribution in [-0.2, 0) is 24.0 Å². The number of carboxylic acid groups (broad SMARTS) is 2. The summed E-state index contributed by atoms with van der Waals surface area (Å²) in [7, 11) is 0. The molecule has 2 aliphatic heterocycles. The Morgan fingerprint density at radius 1 is 1.41 bits per heavy atom. The highest BCUT2D eigenvalue weighted by atomic mass is 35.5. The van der Waals surface area contributed by atoms with E-state index < -0.39 is 46.5 Å². The maximum absolute atomic E-state index is 12.9. The number of hydrogen-bond donors (Lipinski definition) is 4. The maximum atomic E-state index is 12.9. The van der Waals surface area contributed by atoms with E-state index in [2.05, 4.69) is 19.8 Å². The van der Waals surface area contributed by atoms with E-state index in [9.17, 15) is 29.4 Å².